The maximum absolute atomic E-state index is 12.3. The monoisotopic (exact) mass is 248 g/mol. The molecule has 0 aromatic carbocycles. The van der Waals surface area contributed by atoms with Crippen molar-refractivity contribution in [3.05, 3.63) is 33.2 Å². The van der Waals surface area contributed by atoms with Crippen LogP contribution in [-0.4, -0.2) is 28.4 Å². The molecule has 0 radical (unpaired) electrons. The predicted molar refractivity (Wildman–Crippen MR) is 70.9 cm³/mol. The number of H-pyrrole nitrogens is 1. The van der Waals surface area contributed by atoms with E-state index in [1.54, 1.807) is 11.0 Å². The van der Waals surface area contributed by atoms with Crippen LogP contribution in [0.2, 0.25) is 0 Å². The van der Waals surface area contributed by atoms with Crippen molar-refractivity contribution in [3.8, 4) is 0 Å². The average molecular weight is 248 g/mol. The lowest BCUT2D eigenvalue weighted by Gasteiger charge is -2.21. The molecule has 0 spiro atoms. The Labute approximate surface area is 107 Å². The van der Waals surface area contributed by atoms with Gasteiger partial charge in [-0.1, -0.05) is 6.92 Å². The minimum absolute atomic E-state index is 0.132. The fourth-order valence-corrected chi connectivity index (χ4v) is 2.59. The number of aryl methyl sites for hydroxylation is 2. The summed E-state index contributed by atoms with van der Waals surface area (Å²) < 4.78 is 0. The van der Waals surface area contributed by atoms with Crippen LogP contribution in [0.5, 0.6) is 0 Å². The number of nitrogens with zero attached hydrogens (tertiary/aromatic N) is 1. The first-order valence-electron chi connectivity index (χ1n) is 6.58. The Morgan fingerprint density at radius 1 is 1.56 bits per heavy atom. The lowest BCUT2D eigenvalue weighted by atomic mass is 10.1. The first-order chi connectivity index (χ1) is 8.54. The van der Waals surface area contributed by atoms with Gasteiger partial charge in [-0.3, -0.25) is 9.59 Å². The summed E-state index contributed by atoms with van der Waals surface area (Å²) in [4.78, 5) is 28.9. The molecule has 2 heterocycles. The first kappa shape index (κ1) is 12.9. The summed E-state index contributed by atoms with van der Waals surface area (Å²) in [6.45, 7) is 6.71. The highest BCUT2D eigenvalue weighted by molar-refractivity contribution is 5.94. The number of aromatic amines is 1. The van der Waals surface area contributed by atoms with Crippen LogP contribution in [0.4, 0.5) is 0 Å². The van der Waals surface area contributed by atoms with Gasteiger partial charge in [-0.2, -0.15) is 0 Å². The second-order valence-corrected chi connectivity index (χ2v) is 5.02. The van der Waals surface area contributed by atoms with Crippen molar-refractivity contribution in [1.82, 2.24) is 9.88 Å². The lowest BCUT2D eigenvalue weighted by Crippen LogP contribution is -2.37. The summed E-state index contributed by atoms with van der Waals surface area (Å²) in [6, 6.07) is 1.97. The number of pyridine rings is 1. The molecule has 18 heavy (non-hydrogen) atoms. The van der Waals surface area contributed by atoms with E-state index in [9.17, 15) is 9.59 Å². The van der Waals surface area contributed by atoms with Crippen molar-refractivity contribution in [1.29, 1.82) is 0 Å². The topological polar surface area (TPSA) is 53.2 Å². The first-order valence-corrected chi connectivity index (χ1v) is 6.58. The molecule has 4 heteroatoms. The van der Waals surface area contributed by atoms with Crippen molar-refractivity contribution in [2.75, 3.05) is 6.54 Å². The molecular weight excluding hydrogens is 228 g/mol. The van der Waals surface area contributed by atoms with Gasteiger partial charge in [-0.15, -0.1) is 0 Å². The van der Waals surface area contributed by atoms with Crippen molar-refractivity contribution in [3.63, 3.8) is 0 Å². The van der Waals surface area contributed by atoms with Crippen LogP contribution in [0, 0.1) is 6.92 Å². The number of likely N-dealkylation sites (tertiary alicyclic amines) is 1. The zero-order valence-corrected chi connectivity index (χ0v) is 11.2. The highest BCUT2D eigenvalue weighted by atomic mass is 16.2. The van der Waals surface area contributed by atoms with E-state index in [2.05, 4.69) is 4.98 Å². The molecule has 1 aromatic rings. The standard InChI is InChI=1S/C14H20N2O2/c1-4-12-9(2)8-11(13(17)15-12)14(18)16-7-5-6-10(16)3/h8,10H,4-7H2,1-3H3,(H,15,17)/t10-/m1/s1. The van der Waals surface area contributed by atoms with Gasteiger partial charge in [0, 0.05) is 18.3 Å². The molecular formula is C14H20N2O2. The molecule has 1 saturated heterocycles. The number of hydrogen-bond acceptors (Lipinski definition) is 2. The second-order valence-electron chi connectivity index (χ2n) is 5.02. The van der Waals surface area contributed by atoms with E-state index in [4.69, 9.17) is 0 Å². The fraction of sp³-hybridized carbons (Fsp3) is 0.571. The van der Waals surface area contributed by atoms with Crippen LogP contribution in [0.25, 0.3) is 0 Å². The number of carbonyl (C=O) groups is 1. The van der Waals surface area contributed by atoms with E-state index in [1.165, 1.54) is 0 Å². The predicted octanol–water partition coefficient (Wildman–Crippen LogP) is 1.87. The Hall–Kier alpha value is -1.58. The van der Waals surface area contributed by atoms with Crippen molar-refractivity contribution < 1.29 is 4.79 Å². The maximum atomic E-state index is 12.3. The number of aromatic nitrogens is 1. The van der Waals surface area contributed by atoms with Crippen LogP contribution >= 0.6 is 0 Å². The van der Waals surface area contributed by atoms with Crippen molar-refractivity contribution >= 4 is 5.91 Å². The Morgan fingerprint density at radius 2 is 2.28 bits per heavy atom. The van der Waals surface area contributed by atoms with Crippen LogP contribution in [0.15, 0.2) is 10.9 Å². The molecule has 0 aliphatic carbocycles. The largest absolute Gasteiger partial charge is 0.336 e. The highest BCUT2D eigenvalue weighted by Gasteiger charge is 2.27. The third-order valence-corrected chi connectivity index (χ3v) is 3.74. The Morgan fingerprint density at radius 3 is 2.83 bits per heavy atom. The van der Waals surface area contributed by atoms with E-state index in [0.717, 1.165) is 37.1 Å². The van der Waals surface area contributed by atoms with Crippen LogP contribution in [0.3, 0.4) is 0 Å². The van der Waals surface area contributed by atoms with Gasteiger partial charge in [0.15, 0.2) is 0 Å². The Kier molecular flexibility index (Phi) is 3.55. The summed E-state index contributed by atoms with van der Waals surface area (Å²) in [7, 11) is 0. The molecule has 1 atom stereocenters. The molecule has 1 fully saturated rings. The third-order valence-electron chi connectivity index (χ3n) is 3.74. The van der Waals surface area contributed by atoms with Gasteiger partial charge in [0.05, 0.1) is 0 Å². The second kappa shape index (κ2) is 4.96. The van der Waals surface area contributed by atoms with E-state index < -0.39 is 0 Å². The van der Waals surface area contributed by atoms with E-state index in [-0.39, 0.29) is 23.1 Å². The summed E-state index contributed by atoms with van der Waals surface area (Å²) in [6.07, 6.45) is 2.82. The molecule has 4 nitrogen and oxygen atoms in total. The molecule has 1 N–H and O–H groups in total. The van der Waals surface area contributed by atoms with E-state index in [0.29, 0.717) is 0 Å². The molecule has 0 saturated carbocycles. The van der Waals surface area contributed by atoms with Crippen molar-refractivity contribution in [2.45, 2.75) is 46.1 Å². The smallest absolute Gasteiger partial charge is 0.261 e. The SMILES string of the molecule is CCc1[nH]c(=O)c(C(=O)N2CCC[C@H]2C)cc1C. The van der Waals surface area contributed by atoms with Crippen LogP contribution in [0.1, 0.15) is 48.3 Å². The minimum Gasteiger partial charge on any atom is -0.336 e. The average Bonchev–Trinajstić information content (AvgIpc) is 2.77. The van der Waals surface area contributed by atoms with Gasteiger partial charge in [0.25, 0.3) is 11.5 Å². The Balaban J connectivity index is 2.36. The molecule has 98 valence electrons. The van der Waals surface area contributed by atoms with Gasteiger partial charge in [0.1, 0.15) is 5.56 Å². The number of carbonyl (C=O) groups excluding carboxylic acids is 1. The summed E-state index contributed by atoms with van der Waals surface area (Å²) >= 11 is 0. The molecule has 0 bridgehead atoms. The zero-order valence-electron chi connectivity index (χ0n) is 11.2. The quantitative estimate of drug-likeness (QED) is 0.868. The van der Waals surface area contributed by atoms with Crippen LogP contribution in [-0.2, 0) is 6.42 Å². The van der Waals surface area contributed by atoms with Gasteiger partial charge >= 0.3 is 0 Å². The third kappa shape index (κ3) is 2.19. The minimum atomic E-state index is -0.262. The van der Waals surface area contributed by atoms with Crippen molar-refractivity contribution in [2.24, 2.45) is 0 Å². The summed E-state index contributed by atoms with van der Waals surface area (Å²) in [5.74, 6) is -0.132. The van der Waals surface area contributed by atoms with E-state index in [1.807, 2.05) is 20.8 Å². The van der Waals surface area contributed by atoms with Crippen LogP contribution < -0.4 is 5.56 Å². The number of nitrogens with one attached hydrogen (secondary N) is 1. The van der Waals surface area contributed by atoms with Gasteiger partial charge < -0.3 is 9.88 Å². The molecule has 1 aromatic heterocycles. The molecule has 1 aliphatic heterocycles. The van der Waals surface area contributed by atoms with Gasteiger partial charge in [-0.05, 0) is 44.7 Å². The normalized spacial score (nSPS) is 19.3. The highest BCUT2D eigenvalue weighted by Crippen LogP contribution is 2.18. The number of hydrogen-bond donors (Lipinski definition) is 1. The number of amides is 1. The lowest BCUT2D eigenvalue weighted by molar-refractivity contribution is 0.0745. The maximum Gasteiger partial charge on any atom is 0.261 e. The molecule has 2 rings (SSSR count). The summed E-state index contributed by atoms with van der Waals surface area (Å²) in [5.41, 5.74) is 1.90. The number of rotatable bonds is 2. The van der Waals surface area contributed by atoms with Gasteiger partial charge in [-0.25, -0.2) is 0 Å². The van der Waals surface area contributed by atoms with Gasteiger partial charge in [0.2, 0.25) is 0 Å². The Bertz CT molecular complexity index is 519. The fourth-order valence-electron chi connectivity index (χ4n) is 2.59. The molecule has 1 aliphatic rings. The van der Waals surface area contributed by atoms with E-state index >= 15 is 0 Å². The summed E-state index contributed by atoms with van der Waals surface area (Å²) in [5, 5.41) is 0. The molecule has 0 unspecified atom stereocenters. The molecule has 1 amide bonds. The zero-order chi connectivity index (χ0) is 13.3.